The Morgan fingerprint density at radius 3 is 2.31 bits per heavy atom. The molecular weight excluding hydrogens is 380 g/mol. The predicted molar refractivity (Wildman–Crippen MR) is 103 cm³/mol. The minimum absolute atomic E-state index is 0.0263. The van der Waals surface area contributed by atoms with Crippen molar-refractivity contribution in [3.63, 3.8) is 0 Å². The van der Waals surface area contributed by atoms with Gasteiger partial charge in [0.05, 0.1) is 37.3 Å². The van der Waals surface area contributed by atoms with Crippen LogP contribution in [-0.4, -0.2) is 42.4 Å². The van der Waals surface area contributed by atoms with Gasteiger partial charge in [0.2, 0.25) is 5.78 Å². The van der Waals surface area contributed by atoms with Crippen molar-refractivity contribution < 1.29 is 28.7 Å². The predicted octanol–water partition coefficient (Wildman–Crippen LogP) is 3.19. The van der Waals surface area contributed by atoms with Crippen LogP contribution < -0.4 is 9.47 Å². The van der Waals surface area contributed by atoms with Gasteiger partial charge in [-0.2, -0.15) is 0 Å². The van der Waals surface area contributed by atoms with Crippen LogP contribution in [0.3, 0.4) is 0 Å². The largest absolute Gasteiger partial charge is 0.494 e. The van der Waals surface area contributed by atoms with E-state index in [2.05, 4.69) is 0 Å². The molecule has 0 unspecified atom stereocenters. The van der Waals surface area contributed by atoms with E-state index >= 15 is 0 Å². The summed E-state index contributed by atoms with van der Waals surface area (Å²) in [5.41, 5.74) is 1.63. The van der Waals surface area contributed by atoms with E-state index in [1.54, 1.807) is 23.5 Å². The van der Waals surface area contributed by atoms with Crippen LogP contribution in [0.5, 0.6) is 11.5 Å². The number of ketones is 1. The second kappa shape index (κ2) is 7.63. The number of nitro benzene ring substituents is 1. The van der Waals surface area contributed by atoms with Gasteiger partial charge in [-0.05, 0) is 31.2 Å². The van der Waals surface area contributed by atoms with Gasteiger partial charge < -0.3 is 18.6 Å². The van der Waals surface area contributed by atoms with E-state index in [-0.39, 0.29) is 28.3 Å². The minimum Gasteiger partial charge on any atom is -0.494 e. The number of esters is 1. The zero-order chi connectivity index (χ0) is 21.3. The summed E-state index contributed by atoms with van der Waals surface area (Å²) in [6.07, 6.45) is 1.49. The Hall–Kier alpha value is -3.88. The normalized spacial score (nSPS) is 10.6. The molecule has 0 aliphatic heterocycles. The molecule has 0 aliphatic carbocycles. The lowest BCUT2D eigenvalue weighted by atomic mass is 10.0. The maximum absolute atomic E-state index is 13.3. The van der Waals surface area contributed by atoms with Gasteiger partial charge in [0.15, 0.2) is 5.75 Å². The number of carbonyl (C=O) groups excluding carboxylic acids is 2. The molecule has 9 heteroatoms. The van der Waals surface area contributed by atoms with Crippen molar-refractivity contribution in [2.24, 2.45) is 0 Å². The number of nitro groups is 1. The number of benzene rings is 1. The average Bonchev–Trinajstić information content (AvgIpc) is 3.01. The molecule has 3 rings (SSSR count). The SMILES string of the molecule is COC(=O)c1ccc2c(OC)c(C)c(C(=O)c3ccc([N+](=O)[O-])c(OC)c3)n2c1. The van der Waals surface area contributed by atoms with E-state index in [9.17, 15) is 19.7 Å². The molecule has 29 heavy (non-hydrogen) atoms. The molecule has 0 spiro atoms. The first-order valence-electron chi connectivity index (χ1n) is 8.48. The summed E-state index contributed by atoms with van der Waals surface area (Å²) >= 11 is 0. The highest BCUT2D eigenvalue weighted by atomic mass is 16.6. The Kier molecular flexibility index (Phi) is 5.22. The van der Waals surface area contributed by atoms with Gasteiger partial charge in [-0.25, -0.2) is 4.79 Å². The highest BCUT2D eigenvalue weighted by molar-refractivity contribution is 6.11. The molecule has 0 aliphatic rings. The van der Waals surface area contributed by atoms with Crippen LogP contribution in [0.2, 0.25) is 0 Å². The number of hydrogen-bond acceptors (Lipinski definition) is 7. The van der Waals surface area contributed by atoms with Crippen LogP contribution in [0, 0.1) is 17.0 Å². The molecule has 2 aromatic heterocycles. The molecule has 0 radical (unpaired) electrons. The number of nitrogens with zero attached hydrogens (tertiary/aromatic N) is 2. The molecule has 0 N–H and O–H groups in total. The van der Waals surface area contributed by atoms with E-state index in [0.717, 1.165) is 0 Å². The van der Waals surface area contributed by atoms with Gasteiger partial charge in [-0.1, -0.05) is 0 Å². The maximum atomic E-state index is 13.3. The first kappa shape index (κ1) is 19.9. The Bertz CT molecular complexity index is 1150. The van der Waals surface area contributed by atoms with E-state index in [1.165, 1.54) is 45.7 Å². The topological polar surface area (TPSA) is 109 Å². The lowest BCUT2D eigenvalue weighted by Crippen LogP contribution is -2.09. The second-order valence-corrected chi connectivity index (χ2v) is 6.14. The van der Waals surface area contributed by atoms with Crippen LogP contribution in [0.25, 0.3) is 5.52 Å². The number of fused-ring (bicyclic) bond motifs is 1. The maximum Gasteiger partial charge on any atom is 0.339 e. The number of carbonyl (C=O) groups is 2. The Balaban J connectivity index is 2.23. The zero-order valence-electron chi connectivity index (χ0n) is 16.2. The van der Waals surface area contributed by atoms with Crippen molar-refractivity contribution in [3.8, 4) is 11.5 Å². The molecule has 0 fully saturated rings. The molecule has 0 bridgehead atoms. The van der Waals surface area contributed by atoms with Crippen LogP contribution in [0.1, 0.15) is 32.0 Å². The van der Waals surface area contributed by atoms with Crippen LogP contribution >= 0.6 is 0 Å². The lowest BCUT2D eigenvalue weighted by molar-refractivity contribution is -0.385. The van der Waals surface area contributed by atoms with Crippen molar-refractivity contribution >= 4 is 23.0 Å². The van der Waals surface area contributed by atoms with Gasteiger partial charge >= 0.3 is 11.7 Å². The van der Waals surface area contributed by atoms with Crippen molar-refractivity contribution in [1.82, 2.24) is 4.40 Å². The monoisotopic (exact) mass is 398 g/mol. The molecule has 9 nitrogen and oxygen atoms in total. The average molecular weight is 398 g/mol. The first-order valence-corrected chi connectivity index (χ1v) is 8.48. The fraction of sp³-hybridized carbons (Fsp3) is 0.200. The lowest BCUT2D eigenvalue weighted by Gasteiger charge is -2.07. The third-order valence-corrected chi connectivity index (χ3v) is 4.60. The number of methoxy groups -OCH3 is 3. The Morgan fingerprint density at radius 2 is 1.72 bits per heavy atom. The quantitative estimate of drug-likeness (QED) is 0.271. The molecular formula is C20H18N2O7. The van der Waals surface area contributed by atoms with Crippen molar-refractivity contribution in [2.75, 3.05) is 21.3 Å². The molecule has 0 atom stereocenters. The van der Waals surface area contributed by atoms with Gasteiger partial charge in [0.1, 0.15) is 11.4 Å². The minimum atomic E-state index is -0.587. The number of rotatable bonds is 6. The van der Waals surface area contributed by atoms with Gasteiger partial charge in [0.25, 0.3) is 0 Å². The summed E-state index contributed by atoms with van der Waals surface area (Å²) in [6, 6.07) is 7.13. The summed E-state index contributed by atoms with van der Waals surface area (Å²) in [7, 11) is 4.04. The number of hydrogen-bond donors (Lipinski definition) is 0. The van der Waals surface area contributed by atoms with Crippen LogP contribution in [0.4, 0.5) is 5.69 Å². The fourth-order valence-electron chi connectivity index (χ4n) is 3.23. The molecule has 0 saturated heterocycles. The van der Waals surface area contributed by atoms with Crippen LogP contribution in [-0.2, 0) is 4.74 Å². The summed E-state index contributed by atoms with van der Waals surface area (Å²) in [4.78, 5) is 35.7. The van der Waals surface area contributed by atoms with E-state index < -0.39 is 16.7 Å². The summed E-state index contributed by atoms with van der Waals surface area (Å²) in [6.45, 7) is 1.72. The summed E-state index contributed by atoms with van der Waals surface area (Å²) in [5, 5.41) is 11.1. The fourth-order valence-corrected chi connectivity index (χ4v) is 3.23. The highest BCUT2D eigenvalue weighted by Gasteiger charge is 2.25. The van der Waals surface area contributed by atoms with Crippen molar-refractivity contribution in [2.45, 2.75) is 6.92 Å². The van der Waals surface area contributed by atoms with Crippen molar-refractivity contribution in [3.05, 3.63) is 69.0 Å². The standard InChI is InChI=1S/C20H18N2O7/c1-11-17(18(23)12-5-7-14(22(25)26)16(9-12)27-2)21-10-13(20(24)29-4)6-8-15(21)19(11)28-3/h5-10H,1-4H3. The molecule has 0 saturated carbocycles. The summed E-state index contributed by atoms with van der Waals surface area (Å²) in [5.74, 6) is -0.496. The highest BCUT2D eigenvalue weighted by Crippen LogP contribution is 2.34. The van der Waals surface area contributed by atoms with E-state index in [1.807, 2.05) is 0 Å². The third-order valence-electron chi connectivity index (χ3n) is 4.60. The van der Waals surface area contributed by atoms with Crippen molar-refractivity contribution in [1.29, 1.82) is 0 Å². The smallest absolute Gasteiger partial charge is 0.339 e. The Morgan fingerprint density at radius 1 is 1.03 bits per heavy atom. The second-order valence-electron chi connectivity index (χ2n) is 6.14. The molecule has 2 heterocycles. The third kappa shape index (κ3) is 3.27. The number of pyridine rings is 1. The van der Waals surface area contributed by atoms with Gasteiger partial charge in [-0.3, -0.25) is 14.9 Å². The molecule has 1 aromatic carbocycles. The molecule has 3 aromatic rings. The molecule has 0 amide bonds. The van der Waals surface area contributed by atoms with Crippen LogP contribution in [0.15, 0.2) is 36.5 Å². The zero-order valence-corrected chi connectivity index (χ0v) is 16.2. The number of ether oxygens (including phenoxy) is 3. The van der Waals surface area contributed by atoms with Gasteiger partial charge in [0, 0.05) is 23.4 Å². The number of aromatic nitrogens is 1. The summed E-state index contributed by atoms with van der Waals surface area (Å²) < 4.78 is 16.8. The first-order chi connectivity index (χ1) is 13.8. The van der Waals surface area contributed by atoms with Gasteiger partial charge in [-0.15, -0.1) is 0 Å². The van der Waals surface area contributed by atoms with E-state index in [0.29, 0.717) is 16.8 Å². The van der Waals surface area contributed by atoms with E-state index in [4.69, 9.17) is 14.2 Å². The Labute approximate surface area is 165 Å². The molecule has 150 valence electrons.